The molecule has 2 aromatic carbocycles. The molecule has 0 fully saturated rings. The van der Waals surface area contributed by atoms with Crippen LogP contribution in [-0.4, -0.2) is 35.8 Å². The van der Waals surface area contributed by atoms with Crippen LogP contribution in [0.5, 0.6) is 11.5 Å². The SMILES string of the molecule is CCN(Cc1ccccc1)C(=O)C(C)Sc1ccc2c(c1)OCCCO2. The van der Waals surface area contributed by atoms with E-state index in [4.69, 9.17) is 9.47 Å². The minimum Gasteiger partial charge on any atom is -0.490 e. The van der Waals surface area contributed by atoms with E-state index in [1.807, 2.05) is 55.1 Å². The molecule has 26 heavy (non-hydrogen) atoms. The van der Waals surface area contributed by atoms with E-state index >= 15 is 0 Å². The van der Waals surface area contributed by atoms with E-state index in [0.29, 0.717) is 26.3 Å². The highest BCUT2D eigenvalue weighted by atomic mass is 32.2. The molecule has 3 rings (SSSR count). The summed E-state index contributed by atoms with van der Waals surface area (Å²) in [5, 5.41) is -0.164. The number of fused-ring (bicyclic) bond motifs is 1. The Kier molecular flexibility index (Phi) is 6.45. The van der Waals surface area contributed by atoms with E-state index in [-0.39, 0.29) is 11.2 Å². The normalized spacial score (nSPS) is 14.4. The number of carbonyl (C=O) groups is 1. The van der Waals surface area contributed by atoms with E-state index in [1.54, 1.807) is 11.8 Å². The molecule has 0 bridgehead atoms. The Morgan fingerprint density at radius 2 is 1.85 bits per heavy atom. The third-order valence-electron chi connectivity index (χ3n) is 4.29. The fraction of sp³-hybridized carbons (Fsp3) is 0.381. The standard InChI is InChI=1S/C21H25NO3S/c1-3-22(15-17-8-5-4-6-9-17)21(23)16(2)26-18-10-11-19-20(14-18)25-13-7-12-24-19/h4-6,8-11,14,16H,3,7,12-13,15H2,1-2H3. The van der Waals surface area contributed by atoms with E-state index in [2.05, 4.69) is 12.1 Å². The van der Waals surface area contributed by atoms with Crippen molar-refractivity contribution >= 4 is 17.7 Å². The van der Waals surface area contributed by atoms with Crippen molar-refractivity contribution in [2.24, 2.45) is 0 Å². The molecule has 1 amide bonds. The van der Waals surface area contributed by atoms with E-state index in [1.165, 1.54) is 0 Å². The predicted molar refractivity (Wildman–Crippen MR) is 105 cm³/mol. The molecule has 1 aliphatic rings. The van der Waals surface area contributed by atoms with Crippen LogP contribution >= 0.6 is 11.8 Å². The first-order chi connectivity index (χ1) is 12.7. The van der Waals surface area contributed by atoms with Gasteiger partial charge in [0.25, 0.3) is 0 Å². The average Bonchev–Trinajstić information content (AvgIpc) is 2.91. The molecule has 1 heterocycles. The quantitative estimate of drug-likeness (QED) is 0.707. The highest BCUT2D eigenvalue weighted by Gasteiger charge is 2.21. The van der Waals surface area contributed by atoms with Gasteiger partial charge in [0.15, 0.2) is 11.5 Å². The van der Waals surface area contributed by atoms with Crippen molar-refractivity contribution in [3.8, 4) is 11.5 Å². The Morgan fingerprint density at radius 3 is 2.58 bits per heavy atom. The van der Waals surface area contributed by atoms with Gasteiger partial charge in [-0.05, 0) is 37.6 Å². The molecule has 0 aromatic heterocycles. The van der Waals surface area contributed by atoms with Crippen LogP contribution in [0.3, 0.4) is 0 Å². The number of carbonyl (C=O) groups excluding carboxylic acids is 1. The summed E-state index contributed by atoms with van der Waals surface area (Å²) >= 11 is 1.56. The lowest BCUT2D eigenvalue weighted by molar-refractivity contribution is -0.130. The highest BCUT2D eigenvalue weighted by molar-refractivity contribution is 8.00. The zero-order valence-corrected chi connectivity index (χ0v) is 16.1. The van der Waals surface area contributed by atoms with Crippen molar-refractivity contribution in [3.63, 3.8) is 0 Å². The molecule has 4 nitrogen and oxygen atoms in total. The van der Waals surface area contributed by atoms with E-state index in [9.17, 15) is 4.79 Å². The zero-order chi connectivity index (χ0) is 18.4. The molecule has 0 saturated heterocycles. The molecule has 1 atom stereocenters. The number of hydrogen-bond donors (Lipinski definition) is 0. The first kappa shape index (κ1) is 18.6. The molecular weight excluding hydrogens is 346 g/mol. The number of benzene rings is 2. The van der Waals surface area contributed by atoms with Crippen LogP contribution in [0.4, 0.5) is 0 Å². The van der Waals surface area contributed by atoms with Gasteiger partial charge >= 0.3 is 0 Å². The van der Waals surface area contributed by atoms with Gasteiger partial charge in [-0.1, -0.05) is 30.3 Å². The zero-order valence-electron chi connectivity index (χ0n) is 15.3. The summed E-state index contributed by atoms with van der Waals surface area (Å²) in [6, 6.07) is 16.0. The molecule has 0 radical (unpaired) electrons. The second kappa shape index (κ2) is 8.99. The Hall–Kier alpha value is -2.14. The van der Waals surface area contributed by atoms with Crippen LogP contribution in [0, 0.1) is 0 Å². The van der Waals surface area contributed by atoms with Crippen molar-refractivity contribution < 1.29 is 14.3 Å². The molecule has 138 valence electrons. The monoisotopic (exact) mass is 371 g/mol. The van der Waals surface area contributed by atoms with Gasteiger partial charge < -0.3 is 14.4 Å². The van der Waals surface area contributed by atoms with Crippen LogP contribution < -0.4 is 9.47 Å². The lowest BCUT2D eigenvalue weighted by atomic mass is 10.2. The molecule has 0 spiro atoms. The second-order valence-electron chi connectivity index (χ2n) is 6.26. The van der Waals surface area contributed by atoms with E-state index in [0.717, 1.165) is 28.4 Å². The largest absolute Gasteiger partial charge is 0.490 e. The van der Waals surface area contributed by atoms with Gasteiger partial charge in [-0.2, -0.15) is 0 Å². The third-order valence-corrected chi connectivity index (χ3v) is 5.37. The van der Waals surface area contributed by atoms with Crippen molar-refractivity contribution in [1.82, 2.24) is 4.90 Å². The molecule has 0 saturated carbocycles. The summed E-state index contributed by atoms with van der Waals surface area (Å²) < 4.78 is 11.4. The Bertz CT molecular complexity index is 735. The summed E-state index contributed by atoms with van der Waals surface area (Å²) in [5.41, 5.74) is 1.15. The van der Waals surface area contributed by atoms with Crippen LogP contribution in [0.1, 0.15) is 25.8 Å². The Labute approximate surface area is 159 Å². The van der Waals surface area contributed by atoms with Crippen LogP contribution in [0.25, 0.3) is 0 Å². The van der Waals surface area contributed by atoms with Gasteiger partial charge in [0, 0.05) is 24.4 Å². The predicted octanol–water partition coefficient (Wildman–Crippen LogP) is 4.38. The molecule has 1 aliphatic heterocycles. The number of amides is 1. The van der Waals surface area contributed by atoms with Crippen molar-refractivity contribution in [1.29, 1.82) is 0 Å². The fourth-order valence-electron chi connectivity index (χ4n) is 2.88. The smallest absolute Gasteiger partial charge is 0.236 e. The van der Waals surface area contributed by atoms with Crippen molar-refractivity contribution in [2.45, 2.75) is 37.0 Å². The van der Waals surface area contributed by atoms with Crippen molar-refractivity contribution in [2.75, 3.05) is 19.8 Å². The maximum atomic E-state index is 12.9. The number of ether oxygens (including phenoxy) is 2. The molecule has 0 N–H and O–H groups in total. The third kappa shape index (κ3) is 4.73. The van der Waals surface area contributed by atoms with Crippen LogP contribution in [0.2, 0.25) is 0 Å². The lowest BCUT2D eigenvalue weighted by Crippen LogP contribution is -2.35. The minimum absolute atomic E-state index is 0.147. The van der Waals surface area contributed by atoms with Gasteiger partial charge in [0.05, 0.1) is 18.5 Å². The fourth-order valence-corrected chi connectivity index (χ4v) is 3.86. The number of nitrogens with zero attached hydrogens (tertiary/aromatic N) is 1. The first-order valence-corrected chi connectivity index (χ1v) is 9.94. The molecular formula is C21H25NO3S. The first-order valence-electron chi connectivity index (χ1n) is 9.06. The summed E-state index contributed by atoms with van der Waals surface area (Å²) in [6.45, 7) is 6.66. The van der Waals surface area contributed by atoms with Gasteiger partial charge in [-0.3, -0.25) is 4.79 Å². The summed E-state index contributed by atoms with van der Waals surface area (Å²) in [4.78, 5) is 15.8. The minimum atomic E-state index is -0.164. The summed E-state index contributed by atoms with van der Waals surface area (Å²) in [7, 11) is 0. The molecule has 1 unspecified atom stereocenters. The summed E-state index contributed by atoms with van der Waals surface area (Å²) in [6.07, 6.45) is 0.886. The Morgan fingerprint density at radius 1 is 1.12 bits per heavy atom. The Balaban J connectivity index is 1.65. The second-order valence-corrected chi connectivity index (χ2v) is 7.67. The number of rotatable bonds is 6. The van der Waals surface area contributed by atoms with Gasteiger partial charge in [-0.25, -0.2) is 0 Å². The lowest BCUT2D eigenvalue weighted by Gasteiger charge is -2.24. The van der Waals surface area contributed by atoms with Crippen LogP contribution in [0.15, 0.2) is 53.4 Å². The highest BCUT2D eigenvalue weighted by Crippen LogP contribution is 2.35. The van der Waals surface area contributed by atoms with Crippen molar-refractivity contribution in [3.05, 3.63) is 54.1 Å². The average molecular weight is 372 g/mol. The number of hydrogen-bond acceptors (Lipinski definition) is 4. The topological polar surface area (TPSA) is 38.8 Å². The van der Waals surface area contributed by atoms with Gasteiger partial charge in [-0.15, -0.1) is 11.8 Å². The van der Waals surface area contributed by atoms with Gasteiger partial charge in [0.2, 0.25) is 5.91 Å². The van der Waals surface area contributed by atoms with Crippen LogP contribution in [-0.2, 0) is 11.3 Å². The number of thioether (sulfide) groups is 1. The maximum absolute atomic E-state index is 12.9. The molecule has 0 aliphatic carbocycles. The molecule has 5 heteroatoms. The summed E-state index contributed by atoms with van der Waals surface area (Å²) in [5.74, 6) is 1.70. The van der Waals surface area contributed by atoms with Gasteiger partial charge in [0.1, 0.15) is 0 Å². The molecule has 2 aromatic rings. The van der Waals surface area contributed by atoms with E-state index < -0.39 is 0 Å². The maximum Gasteiger partial charge on any atom is 0.236 e.